The van der Waals surface area contributed by atoms with Crippen molar-refractivity contribution in [3.05, 3.63) is 97.4 Å². The molecule has 3 heterocycles. The summed E-state index contributed by atoms with van der Waals surface area (Å²) in [7, 11) is 1.36. The van der Waals surface area contributed by atoms with Crippen LogP contribution in [0.3, 0.4) is 0 Å². The SMILES string of the molecule is COc1cc(C2c3sc(=O)[nH]c3SC3C(=O)N(c4ccc(Cl)cc4)C(=O)C32)ccc1OCC(=O)Nc1ccccc1C(F)(F)F. The first-order chi connectivity index (χ1) is 21.5. The number of aromatic amines is 1. The van der Waals surface area contributed by atoms with Gasteiger partial charge in [-0.15, -0.1) is 0 Å². The Morgan fingerprint density at radius 1 is 1.02 bits per heavy atom. The summed E-state index contributed by atoms with van der Waals surface area (Å²) in [5.41, 5.74) is -0.480. The van der Waals surface area contributed by atoms with Crippen LogP contribution in [-0.4, -0.2) is 41.7 Å². The summed E-state index contributed by atoms with van der Waals surface area (Å²) in [6.45, 7) is -0.626. The lowest BCUT2D eigenvalue weighted by atomic mass is 9.83. The van der Waals surface area contributed by atoms with Gasteiger partial charge in [0.05, 0.1) is 35.0 Å². The number of benzene rings is 3. The highest BCUT2D eigenvalue weighted by molar-refractivity contribution is 8.00. The zero-order valence-corrected chi connectivity index (χ0v) is 25.4. The summed E-state index contributed by atoms with van der Waals surface area (Å²) in [6, 6.07) is 15.6. The van der Waals surface area contributed by atoms with Gasteiger partial charge in [-0.2, -0.15) is 13.2 Å². The summed E-state index contributed by atoms with van der Waals surface area (Å²) in [4.78, 5) is 56.5. The van der Waals surface area contributed by atoms with Gasteiger partial charge in [-0.05, 0) is 54.1 Å². The van der Waals surface area contributed by atoms with Crippen molar-refractivity contribution in [2.45, 2.75) is 22.4 Å². The second kappa shape index (κ2) is 11.9. The van der Waals surface area contributed by atoms with Crippen LogP contribution in [0.4, 0.5) is 24.5 Å². The summed E-state index contributed by atoms with van der Waals surface area (Å²) < 4.78 is 51.0. The van der Waals surface area contributed by atoms with Crippen molar-refractivity contribution in [2.24, 2.45) is 5.92 Å². The van der Waals surface area contributed by atoms with Crippen molar-refractivity contribution in [3.63, 3.8) is 0 Å². The van der Waals surface area contributed by atoms with Crippen LogP contribution >= 0.6 is 34.7 Å². The molecular weight excluding hydrogens is 655 g/mol. The van der Waals surface area contributed by atoms with Crippen LogP contribution in [0.5, 0.6) is 11.5 Å². The van der Waals surface area contributed by atoms with Crippen molar-refractivity contribution in [1.82, 2.24) is 4.98 Å². The highest BCUT2D eigenvalue weighted by Crippen LogP contribution is 2.53. The number of hydrogen-bond donors (Lipinski definition) is 2. The van der Waals surface area contributed by atoms with E-state index < -0.39 is 58.8 Å². The molecule has 232 valence electrons. The largest absolute Gasteiger partial charge is 0.493 e. The average molecular weight is 676 g/mol. The van der Waals surface area contributed by atoms with Gasteiger partial charge in [0.1, 0.15) is 5.25 Å². The first-order valence-electron chi connectivity index (χ1n) is 13.3. The number of ether oxygens (including phenoxy) is 2. The number of carbonyl (C=O) groups excluding carboxylic acids is 3. The number of nitrogens with zero attached hydrogens (tertiary/aromatic N) is 1. The minimum atomic E-state index is -4.66. The highest BCUT2D eigenvalue weighted by atomic mass is 35.5. The van der Waals surface area contributed by atoms with Crippen molar-refractivity contribution in [3.8, 4) is 11.5 Å². The molecule has 0 radical (unpaired) electrons. The number of rotatable bonds is 7. The van der Waals surface area contributed by atoms with E-state index in [0.29, 0.717) is 26.2 Å². The fourth-order valence-electron chi connectivity index (χ4n) is 5.39. The van der Waals surface area contributed by atoms with Crippen molar-refractivity contribution in [1.29, 1.82) is 0 Å². The van der Waals surface area contributed by atoms with Gasteiger partial charge in [-0.3, -0.25) is 19.2 Å². The van der Waals surface area contributed by atoms with E-state index in [2.05, 4.69) is 10.3 Å². The van der Waals surface area contributed by atoms with Gasteiger partial charge in [0.15, 0.2) is 18.1 Å². The van der Waals surface area contributed by atoms with E-state index in [-0.39, 0.29) is 16.4 Å². The van der Waals surface area contributed by atoms with Crippen LogP contribution in [0.1, 0.15) is 21.9 Å². The first-order valence-corrected chi connectivity index (χ1v) is 15.3. The van der Waals surface area contributed by atoms with Crippen molar-refractivity contribution < 1.29 is 37.0 Å². The van der Waals surface area contributed by atoms with Crippen molar-refractivity contribution in [2.75, 3.05) is 23.9 Å². The number of anilines is 2. The Balaban J connectivity index is 1.28. The molecule has 3 aromatic carbocycles. The fraction of sp³-hybridized carbons (Fsp3) is 0.200. The third kappa shape index (κ3) is 5.80. The molecule has 2 aliphatic heterocycles. The maximum absolute atomic E-state index is 13.9. The Labute approximate surface area is 266 Å². The van der Waals surface area contributed by atoms with Crippen LogP contribution < -0.4 is 24.6 Å². The van der Waals surface area contributed by atoms with Gasteiger partial charge in [-0.25, -0.2) is 4.90 Å². The number of nitrogens with one attached hydrogen (secondary N) is 2. The normalized spacial score (nSPS) is 19.2. The predicted octanol–water partition coefficient (Wildman–Crippen LogP) is 5.93. The number of alkyl halides is 3. The number of hydrogen-bond acceptors (Lipinski definition) is 8. The molecule has 9 nitrogen and oxygen atoms in total. The Morgan fingerprint density at radius 3 is 2.47 bits per heavy atom. The topological polar surface area (TPSA) is 118 Å². The highest BCUT2D eigenvalue weighted by Gasteiger charge is 2.56. The van der Waals surface area contributed by atoms with E-state index in [9.17, 15) is 32.3 Å². The lowest BCUT2D eigenvalue weighted by molar-refractivity contribution is -0.137. The minimum absolute atomic E-state index is 0.112. The lowest BCUT2D eigenvalue weighted by Crippen LogP contribution is -2.32. The number of fused-ring (bicyclic) bond motifs is 2. The average Bonchev–Trinajstić information content (AvgIpc) is 3.50. The van der Waals surface area contributed by atoms with E-state index in [4.69, 9.17) is 21.1 Å². The second-order valence-corrected chi connectivity index (χ2v) is 12.6. The van der Waals surface area contributed by atoms with Crippen molar-refractivity contribution >= 4 is 63.8 Å². The molecule has 1 aromatic heterocycles. The van der Waals surface area contributed by atoms with Gasteiger partial charge < -0.3 is 19.8 Å². The van der Waals surface area contributed by atoms with Crippen LogP contribution in [0, 0.1) is 5.92 Å². The van der Waals surface area contributed by atoms with Gasteiger partial charge in [0, 0.05) is 15.8 Å². The molecule has 1 saturated heterocycles. The van der Waals surface area contributed by atoms with Crippen LogP contribution in [0.15, 0.2) is 76.6 Å². The van der Waals surface area contributed by atoms with Crippen LogP contribution in [0.2, 0.25) is 5.02 Å². The molecule has 0 saturated carbocycles. The minimum Gasteiger partial charge on any atom is -0.493 e. The second-order valence-electron chi connectivity index (χ2n) is 10.0. The summed E-state index contributed by atoms with van der Waals surface area (Å²) in [5, 5.41) is 2.33. The monoisotopic (exact) mass is 675 g/mol. The number of imide groups is 1. The van der Waals surface area contributed by atoms with E-state index in [1.54, 1.807) is 36.4 Å². The maximum atomic E-state index is 13.9. The molecule has 1 fully saturated rings. The molecule has 0 bridgehead atoms. The zero-order valence-electron chi connectivity index (χ0n) is 23.0. The molecule has 0 aliphatic carbocycles. The zero-order chi connectivity index (χ0) is 32.0. The standard InChI is InChI=1S/C30H21ClF3N3O6S2/c1-42-20-12-14(6-11-19(20)43-13-21(38)35-18-5-3-2-4-17(18)30(32,33)34)22-23-25(44-26-24(22)45-29(41)36-26)28(40)37(27(23)39)16-9-7-15(31)8-10-16/h2-12,22-23,25H,13H2,1H3,(H,35,38)(H,36,41). The number of aromatic nitrogens is 1. The van der Waals surface area contributed by atoms with E-state index in [1.165, 1.54) is 25.3 Å². The summed E-state index contributed by atoms with van der Waals surface area (Å²) in [5.74, 6) is -2.97. The number of para-hydroxylation sites is 1. The molecule has 4 aromatic rings. The molecular formula is C30H21ClF3N3O6S2. The van der Waals surface area contributed by atoms with E-state index in [1.807, 2.05) is 0 Å². The number of carbonyl (C=O) groups is 3. The van der Waals surface area contributed by atoms with E-state index in [0.717, 1.165) is 40.1 Å². The molecule has 2 aliphatic rings. The number of H-pyrrole nitrogens is 1. The Morgan fingerprint density at radius 2 is 1.76 bits per heavy atom. The molecule has 45 heavy (non-hydrogen) atoms. The molecule has 15 heteroatoms. The molecule has 3 unspecified atom stereocenters. The maximum Gasteiger partial charge on any atom is 0.418 e. The number of amides is 3. The van der Waals surface area contributed by atoms with Gasteiger partial charge in [0.2, 0.25) is 11.8 Å². The Kier molecular flexibility index (Phi) is 8.14. The molecule has 6 rings (SSSR count). The number of halogens is 4. The smallest absolute Gasteiger partial charge is 0.418 e. The number of thioether (sulfide) groups is 1. The van der Waals surface area contributed by atoms with Gasteiger partial charge in [0.25, 0.3) is 5.91 Å². The van der Waals surface area contributed by atoms with Gasteiger partial charge in [-0.1, -0.05) is 52.9 Å². The molecule has 2 N–H and O–H groups in total. The number of thiazole rings is 1. The van der Waals surface area contributed by atoms with Crippen LogP contribution in [0.25, 0.3) is 0 Å². The van der Waals surface area contributed by atoms with E-state index >= 15 is 0 Å². The predicted molar refractivity (Wildman–Crippen MR) is 162 cm³/mol. The fourth-order valence-corrected chi connectivity index (χ4v) is 8.03. The van der Waals surface area contributed by atoms with Gasteiger partial charge >= 0.3 is 11.0 Å². The first kappa shape index (κ1) is 30.7. The third-order valence-corrected chi connectivity index (χ3v) is 9.97. The molecule has 3 atom stereocenters. The number of methoxy groups -OCH3 is 1. The third-order valence-electron chi connectivity index (χ3n) is 7.32. The Hall–Kier alpha value is -4.27. The molecule has 0 spiro atoms. The molecule has 3 amide bonds. The summed E-state index contributed by atoms with van der Waals surface area (Å²) in [6.07, 6.45) is -4.66. The van der Waals surface area contributed by atoms with Crippen LogP contribution in [-0.2, 0) is 20.6 Å². The lowest BCUT2D eigenvalue weighted by Gasteiger charge is -2.30. The Bertz CT molecular complexity index is 1880. The summed E-state index contributed by atoms with van der Waals surface area (Å²) >= 11 is 8.08. The quantitative estimate of drug-likeness (QED) is 0.233.